The third-order valence-corrected chi connectivity index (χ3v) is 4.46. The zero-order valence-corrected chi connectivity index (χ0v) is 14.1. The van der Waals surface area contributed by atoms with Crippen molar-refractivity contribution in [2.24, 2.45) is 0 Å². The van der Waals surface area contributed by atoms with E-state index in [-0.39, 0.29) is 6.10 Å². The molecule has 0 saturated carbocycles. The van der Waals surface area contributed by atoms with Crippen LogP contribution in [-0.4, -0.2) is 12.7 Å². The zero-order valence-electron chi connectivity index (χ0n) is 11.7. The van der Waals surface area contributed by atoms with Gasteiger partial charge >= 0.3 is 0 Å². The predicted octanol–water partition coefficient (Wildman–Crippen LogP) is 4.88. The summed E-state index contributed by atoms with van der Waals surface area (Å²) in [5.74, 6) is 2.30. The maximum Gasteiger partial charge on any atom is 0.137 e. The topological polar surface area (TPSA) is 18.5 Å². The lowest BCUT2D eigenvalue weighted by Crippen LogP contribution is -2.22. The summed E-state index contributed by atoms with van der Waals surface area (Å²) < 4.78 is 12.7. The van der Waals surface area contributed by atoms with E-state index in [0.717, 1.165) is 28.0 Å². The van der Waals surface area contributed by atoms with Crippen molar-refractivity contribution in [3.63, 3.8) is 0 Å². The molecule has 0 N–H and O–H groups in total. The van der Waals surface area contributed by atoms with E-state index in [1.165, 1.54) is 11.1 Å². The molecule has 21 heavy (non-hydrogen) atoms. The van der Waals surface area contributed by atoms with Crippen molar-refractivity contribution >= 4 is 27.5 Å². The molecule has 2 aromatic rings. The molecular formula is C17H16BrClO2. The van der Waals surface area contributed by atoms with Gasteiger partial charge in [0.2, 0.25) is 0 Å². The van der Waals surface area contributed by atoms with E-state index in [9.17, 15) is 0 Å². The van der Waals surface area contributed by atoms with Crippen molar-refractivity contribution in [3.8, 4) is 11.5 Å². The summed E-state index contributed by atoms with van der Waals surface area (Å²) in [5, 5.41) is 0. The van der Waals surface area contributed by atoms with Crippen LogP contribution in [0.15, 0.2) is 40.9 Å². The first-order valence-corrected chi connectivity index (χ1v) is 8.22. The number of hydrogen-bond acceptors (Lipinski definition) is 2. The van der Waals surface area contributed by atoms with Gasteiger partial charge < -0.3 is 9.47 Å². The highest BCUT2D eigenvalue weighted by molar-refractivity contribution is 9.10. The summed E-state index contributed by atoms with van der Waals surface area (Å²) in [6.45, 7) is 2.63. The number of alkyl halides is 1. The van der Waals surface area contributed by atoms with E-state index in [0.29, 0.717) is 12.5 Å². The molecule has 0 bridgehead atoms. The fourth-order valence-corrected chi connectivity index (χ4v) is 3.18. The SMILES string of the molecule is Cc1ccc2c(c1)CC(COc1ccc(CCl)cc1Br)O2. The molecule has 1 unspecified atom stereocenters. The van der Waals surface area contributed by atoms with Crippen LogP contribution < -0.4 is 9.47 Å². The Kier molecular flexibility index (Phi) is 4.41. The standard InChI is InChI=1S/C17H16BrClO2/c1-11-2-4-16-13(6-11)8-14(21-16)10-20-17-5-3-12(9-19)7-15(17)18/h2-7,14H,8-10H2,1H3. The first-order valence-electron chi connectivity index (χ1n) is 6.89. The third kappa shape index (κ3) is 3.35. The Balaban J connectivity index is 1.62. The van der Waals surface area contributed by atoms with Crippen molar-refractivity contribution in [1.29, 1.82) is 0 Å². The van der Waals surface area contributed by atoms with Crippen molar-refractivity contribution in [1.82, 2.24) is 0 Å². The van der Waals surface area contributed by atoms with Crippen molar-refractivity contribution in [3.05, 3.63) is 57.6 Å². The van der Waals surface area contributed by atoms with Crippen LogP contribution >= 0.6 is 27.5 Å². The van der Waals surface area contributed by atoms with Gasteiger partial charge in [0, 0.05) is 12.3 Å². The highest BCUT2D eigenvalue weighted by Crippen LogP contribution is 2.31. The van der Waals surface area contributed by atoms with E-state index in [2.05, 4.69) is 35.0 Å². The summed E-state index contributed by atoms with van der Waals surface area (Å²) in [5.41, 5.74) is 3.59. The van der Waals surface area contributed by atoms with E-state index in [1.54, 1.807) is 0 Å². The fraction of sp³-hybridized carbons (Fsp3) is 0.294. The highest BCUT2D eigenvalue weighted by Gasteiger charge is 2.23. The third-order valence-electron chi connectivity index (χ3n) is 3.53. The van der Waals surface area contributed by atoms with Crippen LogP contribution in [0.25, 0.3) is 0 Å². The molecule has 2 nitrogen and oxygen atoms in total. The number of aryl methyl sites for hydroxylation is 1. The molecule has 110 valence electrons. The Labute approximate surface area is 138 Å². The minimum absolute atomic E-state index is 0.0707. The monoisotopic (exact) mass is 366 g/mol. The molecule has 0 saturated heterocycles. The van der Waals surface area contributed by atoms with Crippen LogP contribution in [0.4, 0.5) is 0 Å². The minimum Gasteiger partial charge on any atom is -0.489 e. The molecule has 1 aliphatic rings. The molecule has 1 atom stereocenters. The molecule has 0 fully saturated rings. The van der Waals surface area contributed by atoms with Crippen LogP contribution in [0.1, 0.15) is 16.7 Å². The average Bonchev–Trinajstić information content (AvgIpc) is 2.87. The van der Waals surface area contributed by atoms with Gasteiger partial charge in [-0.2, -0.15) is 0 Å². The highest BCUT2D eigenvalue weighted by atomic mass is 79.9. The van der Waals surface area contributed by atoms with Gasteiger partial charge in [0.1, 0.15) is 24.2 Å². The molecule has 2 aromatic carbocycles. The summed E-state index contributed by atoms with van der Waals surface area (Å²) in [4.78, 5) is 0. The number of fused-ring (bicyclic) bond motifs is 1. The lowest BCUT2D eigenvalue weighted by atomic mass is 10.1. The Morgan fingerprint density at radius 1 is 1.29 bits per heavy atom. The fourth-order valence-electron chi connectivity index (χ4n) is 2.47. The molecule has 0 radical (unpaired) electrons. The summed E-state index contributed by atoms with van der Waals surface area (Å²) in [7, 11) is 0. The summed E-state index contributed by atoms with van der Waals surface area (Å²) in [6, 6.07) is 12.2. The minimum atomic E-state index is 0.0707. The van der Waals surface area contributed by atoms with Gasteiger partial charge in [-0.3, -0.25) is 0 Å². The molecule has 0 aromatic heterocycles. The maximum atomic E-state index is 5.91. The molecule has 0 amide bonds. The first-order chi connectivity index (χ1) is 10.2. The van der Waals surface area contributed by atoms with Gasteiger partial charge in [0.05, 0.1) is 4.47 Å². The number of ether oxygens (including phenoxy) is 2. The quantitative estimate of drug-likeness (QED) is 0.717. The van der Waals surface area contributed by atoms with Crippen LogP contribution in [0, 0.1) is 6.92 Å². The average molecular weight is 368 g/mol. The number of hydrogen-bond donors (Lipinski definition) is 0. The van der Waals surface area contributed by atoms with E-state index >= 15 is 0 Å². The normalized spacial score (nSPS) is 16.4. The zero-order chi connectivity index (χ0) is 14.8. The smallest absolute Gasteiger partial charge is 0.137 e. The Morgan fingerprint density at radius 2 is 2.14 bits per heavy atom. The number of halogens is 2. The van der Waals surface area contributed by atoms with Gasteiger partial charge in [0.25, 0.3) is 0 Å². The predicted molar refractivity (Wildman–Crippen MR) is 88.5 cm³/mol. The van der Waals surface area contributed by atoms with Gasteiger partial charge in [-0.15, -0.1) is 11.6 Å². The van der Waals surface area contributed by atoms with Crippen LogP contribution in [-0.2, 0) is 12.3 Å². The largest absolute Gasteiger partial charge is 0.489 e. The summed E-state index contributed by atoms with van der Waals surface area (Å²) in [6.07, 6.45) is 0.968. The molecule has 1 heterocycles. The number of rotatable bonds is 4. The van der Waals surface area contributed by atoms with Crippen LogP contribution in [0.3, 0.4) is 0 Å². The van der Waals surface area contributed by atoms with Gasteiger partial charge in [-0.05, 0) is 52.2 Å². The van der Waals surface area contributed by atoms with Gasteiger partial charge in [-0.25, -0.2) is 0 Å². The first kappa shape index (κ1) is 14.7. The molecule has 3 rings (SSSR count). The van der Waals surface area contributed by atoms with Crippen molar-refractivity contribution < 1.29 is 9.47 Å². The molecule has 0 aliphatic carbocycles. The Bertz CT molecular complexity index is 657. The lowest BCUT2D eigenvalue weighted by molar-refractivity contribution is 0.148. The summed E-state index contributed by atoms with van der Waals surface area (Å²) >= 11 is 9.33. The number of benzene rings is 2. The molecule has 0 spiro atoms. The van der Waals surface area contributed by atoms with E-state index in [4.69, 9.17) is 21.1 Å². The second kappa shape index (κ2) is 6.29. The van der Waals surface area contributed by atoms with Crippen molar-refractivity contribution in [2.45, 2.75) is 25.3 Å². The molecular weight excluding hydrogens is 352 g/mol. The van der Waals surface area contributed by atoms with Gasteiger partial charge in [-0.1, -0.05) is 23.8 Å². The van der Waals surface area contributed by atoms with E-state index < -0.39 is 0 Å². The molecule has 1 aliphatic heterocycles. The van der Waals surface area contributed by atoms with Crippen LogP contribution in [0.5, 0.6) is 11.5 Å². The van der Waals surface area contributed by atoms with E-state index in [1.807, 2.05) is 24.3 Å². The Morgan fingerprint density at radius 3 is 2.90 bits per heavy atom. The van der Waals surface area contributed by atoms with Crippen molar-refractivity contribution in [2.75, 3.05) is 6.61 Å². The second-order valence-corrected chi connectivity index (χ2v) is 6.39. The second-order valence-electron chi connectivity index (χ2n) is 5.26. The van der Waals surface area contributed by atoms with Crippen LogP contribution in [0.2, 0.25) is 0 Å². The lowest BCUT2D eigenvalue weighted by Gasteiger charge is -2.13. The maximum absolute atomic E-state index is 5.91. The Hall–Kier alpha value is -1.19. The van der Waals surface area contributed by atoms with Gasteiger partial charge in [0.15, 0.2) is 0 Å². The molecule has 4 heteroatoms.